The summed E-state index contributed by atoms with van der Waals surface area (Å²) < 4.78 is 7.12. The zero-order valence-corrected chi connectivity index (χ0v) is 19.1. The number of methoxy groups -OCH3 is 1. The van der Waals surface area contributed by atoms with E-state index in [4.69, 9.17) is 15.3 Å². The van der Waals surface area contributed by atoms with E-state index in [1.165, 1.54) is 5.06 Å². The minimum absolute atomic E-state index is 0.0150. The van der Waals surface area contributed by atoms with Crippen molar-refractivity contribution in [3.05, 3.63) is 48.0 Å². The van der Waals surface area contributed by atoms with Crippen LogP contribution < -0.4 is 10.5 Å². The number of benzene rings is 1. The second-order valence-corrected chi connectivity index (χ2v) is 8.97. The third kappa shape index (κ3) is 4.33. The molecule has 1 saturated carbocycles. The minimum Gasteiger partial charge on any atom is -0.480 e. The molecule has 2 aromatic heterocycles. The topological polar surface area (TPSA) is 125 Å². The number of amides is 2. The SMILES string of the molecule is COc1cncc([C@@H]2CCON2C(=O)C2CCC(Cn3ncc4ccc(C(N)=O)cc43)CC2)n1. The van der Waals surface area contributed by atoms with E-state index in [-0.39, 0.29) is 17.9 Å². The van der Waals surface area contributed by atoms with Gasteiger partial charge in [-0.05, 0) is 43.7 Å². The lowest BCUT2D eigenvalue weighted by atomic mass is 9.81. The molecule has 2 aliphatic rings. The van der Waals surface area contributed by atoms with Gasteiger partial charge in [0.25, 0.3) is 0 Å². The summed E-state index contributed by atoms with van der Waals surface area (Å²) in [5.74, 6) is 0.318. The average molecular weight is 465 g/mol. The van der Waals surface area contributed by atoms with E-state index in [9.17, 15) is 9.59 Å². The molecule has 3 aromatic rings. The molecular weight excluding hydrogens is 436 g/mol. The summed E-state index contributed by atoms with van der Waals surface area (Å²) in [7, 11) is 1.54. The first-order chi connectivity index (χ1) is 16.5. The first-order valence-electron chi connectivity index (χ1n) is 11.6. The van der Waals surface area contributed by atoms with Crippen LogP contribution >= 0.6 is 0 Å². The summed E-state index contributed by atoms with van der Waals surface area (Å²) in [6, 6.07) is 5.14. The van der Waals surface area contributed by atoms with Gasteiger partial charge in [0.15, 0.2) is 0 Å². The molecule has 178 valence electrons. The molecule has 5 rings (SSSR count). The fraction of sp³-hybridized carbons (Fsp3) is 0.458. The Hall–Kier alpha value is -3.53. The van der Waals surface area contributed by atoms with E-state index >= 15 is 0 Å². The highest BCUT2D eigenvalue weighted by Gasteiger charge is 2.38. The fourth-order valence-electron chi connectivity index (χ4n) is 4.96. The fourth-order valence-corrected chi connectivity index (χ4v) is 4.96. The molecule has 10 heteroatoms. The summed E-state index contributed by atoms with van der Waals surface area (Å²) in [4.78, 5) is 39.2. The highest BCUT2D eigenvalue weighted by molar-refractivity contribution is 5.96. The molecule has 1 atom stereocenters. The lowest BCUT2D eigenvalue weighted by Gasteiger charge is -2.31. The van der Waals surface area contributed by atoms with Crippen molar-refractivity contribution in [3.8, 4) is 5.88 Å². The van der Waals surface area contributed by atoms with Crippen LogP contribution in [0.3, 0.4) is 0 Å². The van der Waals surface area contributed by atoms with Gasteiger partial charge >= 0.3 is 0 Å². The maximum Gasteiger partial charge on any atom is 0.249 e. The summed E-state index contributed by atoms with van der Waals surface area (Å²) in [6.45, 7) is 1.22. The first-order valence-corrected chi connectivity index (χ1v) is 11.6. The lowest BCUT2D eigenvalue weighted by molar-refractivity contribution is -0.183. The van der Waals surface area contributed by atoms with Gasteiger partial charge in [0.1, 0.15) is 6.04 Å². The highest BCUT2D eigenvalue weighted by atomic mass is 16.7. The molecule has 2 N–H and O–H groups in total. The molecule has 1 aromatic carbocycles. The number of rotatable bonds is 6. The number of fused-ring (bicyclic) bond motifs is 1. The van der Waals surface area contributed by atoms with Gasteiger partial charge in [0.2, 0.25) is 17.7 Å². The molecule has 10 nitrogen and oxygen atoms in total. The zero-order chi connectivity index (χ0) is 23.7. The van der Waals surface area contributed by atoms with Crippen LogP contribution in [0.2, 0.25) is 0 Å². The van der Waals surface area contributed by atoms with Crippen LogP contribution in [0.15, 0.2) is 36.8 Å². The van der Waals surface area contributed by atoms with Crippen molar-refractivity contribution in [2.45, 2.75) is 44.7 Å². The van der Waals surface area contributed by atoms with Crippen LogP contribution in [0.5, 0.6) is 5.88 Å². The number of carbonyl (C=O) groups excluding carboxylic acids is 2. The monoisotopic (exact) mass is 464 g/mol. The Balaban J connectivity index is 1.22. The quantitative estimate of drug-likeness (QED) is 0.594. The second-order valence-electron chi connectivity index (χ2n) is 8.97. The van der Waals surface area contributed by atoms with Gasteiger partial charge in [-0.1, -0.05) is 6.07 Å². The molecule has 0 bridgehead atoms. The van der Waals surface area contributed by atoms with E-state index in [1.54, 1.807) is 31.6 Å². The Kier molecular flexibility index (Phi) is 6.14. The molecule has 0 radical (unpaired) electrons. The van der Waals surface area contributed by atoms with Crippen molar-refractivity contribution >= 4 is 22.7 Å². The number of hydrogen-bond acceptors (Lipinski definition) is 7. The Morgan fingerprint density at radius 1 is 1.15 bits per heavy atom. The summed E-state index contributed by atoms with van der Waals surface area (Å²) in [6.07, 6.45) is 9.14. The number of hydrogen-bond donors (Lipinski definition) is 1. The number of primary amides is 1. The third-order valence-electron chi connectivity index (χ3n) is 6.86. The van der Waals surface area contributed by atoms with Crippen molar-refractivity contribution in [3.63, 3.8) is 0 Å². The predicted octanol–water partition coefficient (Wildman–Crippen LogP) is 2.65. The van der Waals surface area contributed by atoms with E-state index in [0.717, 1.165) is 43.1 Å². The molecule has 2 amide bonds. The van der Waals surface area contributed by atoms with E-state index in [1.807, 2.05) is 16.9 Å². The Morgan fingerprint density at radius 2 is 1.97 bits per heavy atom. The van der Waals surface area contributed by atoms with E-state index in [2.05, 4.69) is 15.1 Å². The zero-order valence-electron chi connectivity index (χ0n) is 19.1. The smallest absolute Gasteiger partial charge is 0.249 e. The van der Waals surface area contributed by atoms with Gasteiger partial charge in [-0.3, -0.25) is 24.1 Å². The Bertz CT molecular complexity index is 1200. The third-order valence-corrected chi connectivity index (χ3v) is 6.86. The Morgan fingerprint density at radius 3 is 2.74 bits per heavy atom. The molecule has 2 fully saturated rings. The second kappa shape index (κ2) is 9.38. The van der Waals surface area contributed by atoms with E-state index < -0.39 is 5.91 Å². The summed E-state index contributed by atoms with van der Waals surface area (Å²) in [5, 5.41) is 6.99. The number of aromatic nitrogens is 4. The van der Waals surface area contributed by atoms with Crippen molar-refractivity contribution < 1.29 is 19.2 Å². The minimum atomic E-state index is -0.448. The van der Waals surface area contributed by atoms with Gasteiger partial charge in [0, 0.05) is 29.8 Å². The molecular formula is C24H28N6O4. The number of nitrogens with two attached hydrogens (primary N) is 1. The van der Waals surface area contributed by atoms with Crippen molar-refractivity contribution in [2.24, 2.45) is 17.6 Å². The molecule has 1 aliphatic carbocycles. The van der Waals surface area contributed by atoms with Crippen LogP contribution in [-0.2, 0) is 16.2 Å². The van der Waals surface area contributed by atoms with Crippen molar-refractivity contribution in [2.75, 3.05) is 13.7 Å². The summed E-state index contributed by atoms with van der Waals surface area (Å²) in [5.41, 5.74) is 7.50. The van der Waals surface area contributed by atoms with Crippen LogP contribution in [0, 0.1) is 11.8 Å². The number of carbonyl (C=O) groups is 2. The Labute approximate surface area is 197 Å². The van der Waals surface area contributed by atoms with Crippen LogP contribution in [0.4, 0.5) is 0 Å². The average Bonchev–Trinajstić information content (AvgIpc) is 3.51. The number of hydroxylamine groups is 2. The number of ether oxygens (including phenoxy) is 1. The van der Waals surface area contributed by atoms with Gasteiger partial charge in [-0.2, -0.15) is 5.10 Å². The van der Waals surface area contributed by atoms with Crippen LogP contribution in [-0.4, -0.2) is 50.3 Å². The number of nitrogens with zero attached hydrogens (tertiary/aromatic N) is 5. The largest absolute Gasteiger partial charge is 0.480 e. The molecule has 1 aliphatic heterocycles. The van der Waals surface area contributed by atoms with E-state index in [0.29, 0.717) is 36.1 Å². The molecule has 3 heterocycles. The maximum absolute atomic E-state index is 13.3. The van der Waals surface area contributed by atoms with Gasteiger partial charge in [-0.15, -0.1) is 0 Å². The molecule has 0 unspecified atom stereocenters. The molecule has 34 heavy (non-hydrogen) atoms. The highest BCUT2D eigenvalue weighted by Crippen LogP contribution is 2.36. The first kappa shape index (κ1) is 22.3. The maximum atomic E-state index is 13.3. The normalized spacial score (nSPS) is 22.7. The lowest BCUT2D eigenvalue weighted by Crippen LogP contribution is -2.37. The van der Waals surface area contributed by atoms with Gasteiger partial charge < -0.3 is 10.5 Å². The standard InChI is InChI=1S/C24H28N6O4/c1-33-22-13-26-12-19(28-22)20-8-9-34-30(20)24(32)16-4-2-15(3-5-16)14-29-21-10-17(23(25)31)6-7-18(21)11-27-29/h6-7,10-13,15-16,20H,2-5,8-9,14H2,1H3,(H2,25,31)/t15?,16?,20-/m0/s1. The van der Waals surface area contributed by atoms with Gasteiger partial charge in [-0.25, -0.2) is 10.0 Å². The van der Waals surface area contributed by atoms with Crippen LogP contribution in [0.1, 0.15) is 54.2 Å². The molecule has 1 saturated heterocycles. The summed E-state index contributed by atoms with van der Waals surface area (Å²) >= 11 is 0. The van der Waals surface area contributed by atoms with Crippen molar-refractivity contribution in [1.29, 1.82) is 0 Å². The molecule has 0 spiro atoms. The predicted molar refractivity (Wildman–Crippen MR) is 122 cm³/mol. The van der Waals surface area contributed by atoms with Crippen molar-refractivity contribution in [1.82, 2.24) is 24.8 Å². The van der Waals surface area contributed by atoms with Gasteiger partial charge in [0.05, 0.1) is 43.5 Å². The van der Waals surface area contributed by atoms with Crippen LogP contribution in [0.25, 0.3) is 10.9 Å².